The van der Waals surface area contributed by atoms with E-state index in [4.69, 9.17) is 0 Å². The Balaban J connectivity index is 1.67. The van der Waals surface area contributed by atoms with Crippen LogP contribution in [0.5, 0.6) is 0 Å². The number of amides is 1. The molecule has 1 amide bonds. The molecule has 1 aromatic heterocycles. The van der Waals surface area contributed by atoms with Crippen molar-refractivity contribution in [3.05, 3.63) is 87.9 Å². The minimum atomic E-state index is -3.37. The molecule has 1 aliphatic rings. The molecule has 2 aromatic carbocycles. The van der Waals surface area contributed by atoms with Gasteiger partial charge in [-0.2, -0.15) is 5.10 Å². The highest BCUT2D eigenvalue weighted by Gasteiger charge is 2.34. The van der Waals surface area contributed by atoms with Gasteiger partial charge in [-0.1, -0.05) is 30.3 Å². The maximum Gasteiger partial charge on any atom is 0.284 e. The first kappa shape index (κ1) is 20.2. The van der Waals surface area contributed by atoms with E-state index < -0.39 is 16.1 Å². The summed E-state index contributed by atoms with van der Waals surface area (Å²) in [6, 6.07) is 16.0. The second-order valence-electron chi connectivity index (χ2n) is 6.90. The van der Waals surface area contributed by atoms with Gasteiger partial charge in [0.25, 0.3) is 5.91 Å². The summed E-state index contributed by atoms with van der Waals surface area (Å²) >= 11 is 1.32. The standard InChI is InChI=1S/C21H18FN3O3S2/c1-30(27,28)24-17-9-7-14(8-10-17)18-13-19(15-4-2-5-16(22)12-15)25(23-18)21(26)20-6-3-11-29-20/h2-12,19,24H,13H2,1H3. The first-order valence-corrected chi connectivity index (χ1v) is 11.9. The smallest absolute Gasteiger partial charge is 0.284 e. The van der Waals surface area contributed by atoms with E-state index in [0.29, 0.717) is 28.3 Å². The SMILES string of the molecule is CS(=O)(=O)Nc1ccc(C2=NN(C(=O)c3cccs3)C(c3cccc(F)c3)C2)cc1. The van der Waals surface area contributed by atoms with E-state index in [-0.39, 0.29) is 11.7 Å². The van der Waals surface area contributed by atoms with Crippen molar-refractivity contribution in [3.8, 4) is 0 Å². The third kappa shape index (κ3) is 4.42. The molecule has 1 atom stereocenters. The summed E-state index contributed by atoms with van der Waals surface area (Å²) in [5.41, 5.74) is 2.53. The van der Waals surface area contributed by atoms with Crippen LogP contribution >= 0.6 is 11.3 Å². The molecule has 0 saturated carbocycles. The Hall–Kier alpha value is -3.04. The van der Waals surface area contributed by atoms with E-state index in [9.17, 15) is 17.6 Å². The number of sulfonamides is 1. The van der Waals surface area contributed by atoms with Gasteiger partial charge in [0, 0.05) is 12.1 Å². The summed E-state index contributed by atoms with van der Waals surface area (Å²) in [5.74, 6) is -0.620. The summed E-state index contributed by atoms with van der Waals surface area (Å²) < 4.78 is 39.0. The van der Waals surface area contributed by atoms with Crippen LogP contribution < -0.4 is 4.72 Å². The molecule has 6 nitrogen and oxygen atoms in total. The second-order valence-corrected chi connectivity index (χ2v) is 9.60. The van der Waals surface area contributed by atoms with Crippen molar-refractivity contribution >= 4 is 38.7 Å². The van der Waals surface area contributed by atoms with E-state index in [0.717, 1.165) is 11.8 Å². The number of nitrogens with one attached hydrogen (secondary N) is 1. The Labute approximate surface area is 177 Å². The van der Waals surface area contributed by atoms with Gasteiger partial charge in [0.15, 0.2) is 0 Å². The number of hydrogen-bond acceptors (Lipinski definition) is 5. The third-order valence-electron chi connectivity index (χ3n) is 4.61. The van der Waals surface area contributed by atoms with Crippen LogP contribution in [0.25, 0.3) is 0 Å². The minimum absolute atomic E-state index is 0.246. The van der Waals surface area contributed by atoms with Gasteiger partial charge in [-0.05, 0) is 46.8 Å². The maximum atomic E-state index is 13.8. The highest BCUT2D eigenvalue weighted by Crippen LogP contribution is 2.35. The quantitative estimate of drug-likeness (QED) is 0.640. The molecule has 0 fully saturated rings. The van der Waals surface area contributed by atoms with Crippen molar-refractivity contribution in [2.24, 2.45) is 5.10 Å². The third-order valence-corrected chi connectivity index (χ3v) is 6.07. The fraction of sp³-hybridized carbons (Fsp3) is 0.143. The van der Waals surface area contributed by atoms with Crippen molar-refractivity contribution in [1.29, 1.82) is 0 Å². The summed E-state index contributed by atoms with van der Waals surface area (Å²) in [6.45, 7) is 0. The van der Waals surface area contributed by atoms with Crippen LogP contribution in [0.3, 0.4) is 0 Å². The number of hydrogen-bond donors (Lipinski definition) is 1. The molecule has 2 heterocycles. The number of thiophene rings is 1. The summed E-state index contributed by atoms with van der Waals surface area (Å²) in [4.78, 5) is 13.6. The molecular formula is C21H18FN3O3S2. The number of benzene rings is 2. The molecule has 1 N–H and O–H groups in total. The normalized spacial score (nSPS) is 16.4. The van der Waals surface area contributed by atoms with Gasteiger partial charge in [0.2, 0.25) is 10.0 Å². The average Bonchev–Trinajstić information content (AvgIpc) is 3.37. The highest BCUT2D eigenvalue weighted by atomic mass is 32.2. The van der Waals surface area contributed by atoms with Gasteiger partial charge in [-0.3, -0.25) is 9.52 Å². The van der Waals surface area contributed by atoms with Gasteiger partial charge in [0.05, 0.1) is 22.9 Å². The molecule has 0 radical (unpaired) electrons. The van der Waals surface area contributed by atoms with Crippen LogP contribution in [-0.2, 0) is 10.0 Å². The van der Waals surface area contributed by atoms with Crippen LogP contribution in [0.2, 0.25) is 0 Å². The lowest BCUT2D eigenvalue weighted by molar-refractivity contribution is 0.0716. The van der Waals surface area contributed by atoms with E-state index in [2.05, 4.69) is 9.82 Å². The lowest BCUT2D eigenvalue weighted by Crippen LogP contribution is -2.26. The summed E-state index contributed by atoms with van der Waals surface area (Å²) in [6.07, 6.45) is 1.50. The van der Waals surface area contributed by atoms with Crippen LogP contribution in [-0.4, -0.2) is 31.3 Å². The molecule has 3 aromatic rings. The largest absolute Gasteiger partial charge is 0.284 e. The topological polar surface area (TPSA) is 78.8 Å². The highest BCUT2D eigenvalue weighted by molar-refractivity contribution is 7.92. The number of rotatable bonds is 5. The first-order chi connectivity index (χ1) is 14.3. The first-order valence-electron chi connectivity index (χ1n) is 9.08. The van der Waals surface area contributed by atoms with Crippen molar-refractivity contribution in [1.82, 2.24) is 5.01 Å². The molecule has 4 rings (SSSR count). The lowest BCUT2D eigenvalue weighted by atomic mass is 9.98. The average molecular weight is 444 g/mol. The molecule has 154 valence electrons. The molecule has 0 saturated heterocycles. The molecule has 0 spiro atoms. The number of carbonyl (C=O) groups is 1. The number of halogens is 1. The van der Waals surface area contributed by atoms with Crippen LogP contribution in [0, 0.1) is 5.82 Å². The zero-order valence-electron chi connectivity index (χ0n) is 15.9. The summed E-state index contributed by atoms with van der Waals surface area (Å²) in [7, 11) is -3.37. The van der Waals surface area contributed by atoms with E-state index >= 15 is 0 Å². The molecule has 30 heavy (non-hydrogen) atoms. The molecule has 0 aliphatic carbocycles. The Kier molecular flexibility index (Phi) is 5.40. The second kappa shape index (κ2) is 8.00. The van der Waals surface area contributed by atoms with Gasteiger partial charge in [0.1, 0.15) is 5.82 Å². The summed E-state index contributed by atoms with van der Waals surface area (Å²) in [5, 5.41) is 7.77. The number of hydrazone groups is 1. The molecule has 1 unspecified atom stereocenters. The molecular weight excluding hydrogens is 425 g/mol. The molecule has 9 heteroatoms. The van der Waals surface area contributed by atoms with E-state index in [1.165, 1.54) is 28.5 Å². The van der Waals surface area contributed by atoms with Crippen LogP contribution in [0.1, 0.15) is 33.3 Å². The minimum Gasteiger partial charge on any atom is -0.284 e. The zero-order valence-corrected chi connectivity index (χ0v) is 17.6. The van der Waals surface area contributed by atoms with Crippen molar-refractivity contribution in [3.63, 3.8) is 0 Å². The van der Waals surface area contributed by atoms with E-state index in [1.54, 1.807) is 48.5 Å². The predicted molar refractivity (Wildman–Crippen MR) is 116 cm³/mol. The van der Waals surface area contributed by atoms with Gasteiger partial charge in [-0.15, -0.1) is 11.3 Å². The van der Waals surface area contributed by atoms with E-state index in [1.807, 2.05) is 5.38 Å². The monoisotopic (exact) mass is 443 g/mol. The Bertz CT molecular complexity index is 1210. The number of carbonyl (C=O) groups excluding carboxylic acids is 1. The lowest BCUT2D eigenvalue weighted by Gasteiger charge is -2.21. The molecule has 0 bridgehead atoms. The van der Waals surface area contributed by atoms with Crippen LogP contribution in [0.4, 0.5) is 10.1 Å². The van der Waals surface area contributed by atoms with Gasteiger partial charge < -0.3 is 0 Å². The van der Waals surface area contributed by atoms with Crippen molar-refractivity contribution in [2.45, 2.75) is 12.5 Å². The van der Waals surface area contributed by atoms with Gasteiger partial charge >= 0.3 is 0 Å². The number of anilines is 1. The Morgan fingerprint density at radius 3 is 2.57 bits per heavy atom. The fourth-order valence-electron chi connectivity index (χ4n) is 3.30. The van der Waals surface area contributed by atoms with Gasteiger partial charge in [-0.25, -0.2) is 17.8 Å². The Morgan fingerprint density at radius 1 is 1.17 bits per heavy atom. The zero-order chi connectivity index (χ0) is 21.3. The molecule has 1 aliphatic heterocycles. The fourth-order valence-corrected chi connectivity index (χ4v) is 4.52. The maximum absolute atomic E-state index is 13.8. The van der Waals surface area contributed by atoms with Crippen LogP contribution in [0.15, 0.2) is 71.1 Å². The van der Waals surface area contributed by atoms with Crippen molar-refractivity contribution in [2.75, 3.05) is 11.0 Å². The number of nitrogens with zero attached hydrogens (tertiary/aromatic N) is 2. The predicted octanol–water partition coefficient (Wildman–Crippen LogP) is 4.25. The Morgan fingerprint density at radius 2 is 1.93 bits per heavy atom. The van der Waals surface area contributed by atoms with Crippen molar-refractivity contribution < 1.29 is 17.6 Å².